The SMILES string of the molecule is CC(=O)O.CCCCO.c1ccncc1. The lowest BCUT2D eigenvalue weighted by atomic mass is 10.4. The van der Waals surface area contributed by atoms with Crippen LogP contribution in [0, 0.1) is 0 Å². The second kappa shape index (κ2) is 15.1. The van der Waals surface area contributed by atoms with E-state index in [1.807, 2.05) is 18.2 Å². The quantitative estimate of drug-likeness (QED) is 0.787. The molecule has 1 aromatic rings. The van der Waals surface area contributed by atoms with Crippen molar-refractivity contribution in [1.82, 2.24) is 4.98 Å². The molecule has 0 atom stereocenters. The molecule has 0 aliphatic heterocycles. The number of hydrogen-bond donors (Lipinski definition) is 2. The summed E-state index contributed by atoms with van der Waals surface area (Å²) in [4.78, 5) is 12.8. The summed E-state index contributed by atoms with van der Waals surface area (Å²) in [6.45, 7) is 3.48. The normalized spacial score (nSPS) is 7.67. The summed E-state index contributed by atoms with van der Waals surface area (Å²) >= 11 is 0. The number of carboxylic acids is 1. The van der Waals surface area contributed by atoms with Crippen LogP contribution in [0.15, 0.2) is 30.6 Å². The standard InChI is InChI=1S/C5H5N.C4H10O.C2H4O2/c1-2-4-6-5-3-1;1-2-3-4-5;1-2(3)4/h1-5H;5H,2-4H2,1H3;1H3,(H,3,4). The molecule has 0 saturated heterocycles. The molecule has 0 aromatic carbocycles. The first kappa shape index (κ1) is 16.0. The van der Waals surface area contributed by atoms with Crippen LogP contribution in [-0.2, 0) is 4.79 Å². The van der Waals surface area contributed by atoms with Crippen molar-refractivity contribution in [3.05, 3.63) is 30.6 Å². The van der Waals surface area contributed by atoms with Gasteiger partial charge in [-0.1, -0.05) is 19.4 Å². The van der Waals surface area contributed by atoms with Crippen LogP contribution in [0.3, 0.4) is 0 Å². The molecule has 1 heterocycles. The minimum atomic E-state index is -0.833. The molecule has 0 saturated carbocycles. The van der Waals surface area contributed by atoms with Gasteiger partial charge in [0.05, 0.1) is 0 Å². The van der Waals surface area contributed by atoms with Gasteiger partial charge >= 0.3 is 0 Å². The molecule has 4 nitrogen and oxygen atoms in total. The Bertz CT molecular complexity index is 182. The Hall–Kier alpha value is -1.42. The number of carboxylic acid groups (broad SMARTS) is 1. The molecule has 86 valence electrons. The van der Waals surface area contributed by atoms with Crippen LogP contribution in [0.4, 0.5) is 0 Å². The summed E-state index contributed by atoms with van der Waals surface area (Å²) in [5.74, 6) is -0.833. The number of carbonyl (C=O) groups is 1. The van der Waals surface area contributed by atoms with E-state index in [4.69, 9.17) is 15.0 Å². The fourth-order valence-electron chi connectivity index (χ4n) is 0.471. The van der Waals surface area contributed by atoms with Gasteiger partial charge in [-0.05, 0) is 18.6 Å². The van der Waals surface area contributed by atoms with Crippen molar-refractivity contribution in [2.75, 3.05) is 6.61 Å². The van der Waals surface area contributed by atoms with E-state index >= 15 is 0 Å². The van der Waals surface area contributed by atoms with Crippen molar-refractivity contribution in [3.8, 4) is 0 Å². The second-order valence-corrected chi connectivity index (χ2v) is 2.62. The van der Waals surface area contributed by atoms with Crippen LogP contribution < -0.4 is 0 Å². The van der Waals surface area contributed by atoms with Gasteiger partial charge < -0.3 is 10.2 Å². The maximum Gasteiger partial charge on any atom is 0.300 e. The average Bonchev–Trinajstić information content (AvgIpc) is 2.22. The molecule has 15 heavy (non-hydrogen) atoms. The minimum Gasteiger partial charge on any atom is -0.481 e. The van der Waals surface area contributed by atoms with E-state index in [9.17, 15) is 0 Å². The highest BCUT2D eigenvalue weighted by Crippen LogP contribution is 1.78. The molecular weight excluding hydrogens is 194 g/mol. The topological polar surface area (TPSA) is 70.4 Å². The average molecular weight is 213 g/mol. The number of nitrogens with zero attached hydrogens (tertiary/aromatic N) is 1. The number of hydrogen-bond acceptors (Lipinski definition) is 3. The van der Waals surface area contributed by atoms with Crippen molar-refractivity contribution in [1.29, 1.82) is 0 Å². The van der Waals surface area contributed by atoms with Crippen molar-refractivity contribution >= 4 is 5.97 Å². The Kier molecular flexibility index (Phi) is 16.1. The molecule has 0 bridgehead atoms. The lowest BCUT2D eigenvalue weighted by molar-refractivity contribution is -0.134. The van der Waals surface area contributed by atoms with E-state index in [-0.39, 0.29) is 0 Å². The smallest absolute Gasteiger partial charge is 0.300 e. The number of aliphatic hydroxyl groups excluding tert-OH is 1. The van der Waals surface area contributed by atoms with Gasteiger partial charge in [0.1, 0.15) is 0 Å². The highest BCUT2D eigenvalue weighted by Gasteiger charge is 1.69. The predicted octanol–water partition coefficient (Wildman–Crippen LogP) is 1.95. The molecule has 0 aliphatic rings. The lowest BCUT2D eigenvalue weighted by Crippen LogP contribution is -1.78. The van der Waals surface area contributed by atoms with E-state index in [0.29, 0.717) is 6.61 Å². The summed E-state index contributed by atoms with van der Waals surface area (Å²) in [5.41, 5.74) is 0. The van der Waals surface area contributed by atoms with E-state index < -0.39 is 5.97 Å². The van der Waals surface area contributed by atoms with Gasteiger partial charge in [0.2, 0.25) is 0 Å². The Morgan fingerprint density at radius 3 is 1.80 bits per heavy atom. The van der Waals surface area contributed by atoms with Gasteiger partial charge in [-0.15, -0.1) is 0 Å². The summed E-state index contributed by atoms with van der Waals surface area (Å²) < 4.78 is 0. The highest BCUT2D eigenvalue weighted by atomic mass is 16.4. The molecule has 4 heteroatoms. The number of rotatable bonds is 2. The van der Waals surface area contributed by atoms with Crippen LogP contribution in [0.5, 0.6) is 0 Å². The number of aromatic nitrogens is 1. The third-order valence-corrected chi connectivity index (χ3v) is 1.08. The van der Waals surface area contributed by atoms with Gasteiger partial charge in [-0.25, -0.2) is 0 Å². The largest absolute Gasteiger partial charge is 0.481 e. The summed E-state index contributed by atoms with van der Waals surface area (Å²) in [7, 11) is 0. The molecule has 0 radical (unpaired) electrons. The Morgan fingerprint density at radius 2 is 1.73 bits per heavy atom. The van der Waals surface area contributed by atoms with Gasteiger partial charge in [-0.3, -0.25) is 9.78 Å². The highest BCUT2D eigenvalue weighted by molar-refractivity contribution is 5.62. The molecule has 0 unspecified atom stereocenters. The molecular formula is C11H19NO3. The van der Waals surface area contributed by atoms with E-state index in [2.05, 4.69) is 11.9 Å². The van der Waals surface area contributed by atoms with E-state index in [0.717, 1.165) is 19.8 Å². The maximum absolute atomic E-state index is 9.00. The molecule has 2 N–H and O–H groups in total. The monoisotopic (exact) mass is 213 g/mol. The van der Waals surface area contributed by atoms with E-state index in [1.54, 1.807) is 12.4 Å². The summed E-state index contributed by atoms with van der Waals surface area (Å²) in [6, 6.07) is 5.72. The van der Waals surface area contributed by atoms with Crippen molar-refractivity contribution < 1.29 is 15.0 Å². The number of aliphatic carboxylic acids is 1. The fraction of sp³-hybridized carbons (Fsp3) is 0.455. The van der Waals surface area contributed by atoms with Gasteiger partial charge in [0.25, 0.3) is 5.97 Å². The van der Waals surface area contributed by atoms with Crippen molar-refractivity contribution in [2.24, 2.45) is 0 Å². The Balaban J connectivity index is 0. The number of aliphatic hydroxyl groups is 1. The van der Waals surface area contributed by atoms with Crippen LogP contribution in [0.2, 0.25) is 0 Å². The van der Waals surface area contributed by atoms with Crippen molar-refractivity contribution in [3.63, 3.8) is 0 Å². The van der Waals surface area contributed by atoms with Gasteiger partial charge in [-0.2, -0.15) is 0 Å². The van der Waals surface area contributed by atoms with Crippen LogP contribution in [-0.4, -0.2) is 27.8 Å². The molecule has 0 fully saturated rings. The number of pyridine rings is 1. The Morgan fingerprint density at radius 1 is 1.27 bits per heavy atom. The summed E-state index contributed by atoms with van der Waals surface area (Å²) in [5, 5.41) is 15.5. The first-order chi connectivity index (χ1) is 7.15. The third kappa shape index (κ3) is 32.5. The molecule has 1 rings (SSSR count). The van der Waals surface area contributed by atoms with E-state index in [1.165, 1.54) is 0 Å². The van der Waals surface area contributed by atoms with Crippen LogP contribution in [0.25, 0.3) is 0 Å². The zero-order chi connectivity index (χ0) is 11.9. The predicted molar refractivity (Wildman–Crippen MR) is 59.5 cm³/mol. The first-order valence-corrected chi connectivity index (χ1v) is 4.80. The minimum absolute atomic E-state index is 0.344. The second-order valence-electron chi connectivity index (χ2n) is 2.62. The van der Waals surface area contributed by atoms with Crippen molar-refractivity contribution in [2.45, 2.75) is 26.7 Å². The molecule has 1 aromatic heterocycles. The molecule has 0 aliphatic carbocycles. The Labute approximate surface area is 90.6 Å². The maximum atomic E-state index is 9.00. The van der Waals surface area contributed by atoms with Gasteiger partial charge in [0, 0.05) is 25.9 Å². The molecule has 0 amide bonds. The summed E-state index contributed by atoms with van der Waals surface area (Å²) in [6.07, 6.45) is 5.54. The van der Waals surface area contributed by atoms with Crippen LogP contribution in [0.1, 0.15) is 26.7 Å². The third-order valence-electron chi connectivity index (χ3n) is 1.08. The van der Waals surface area contributed by atoms with Crippen LogP contribution >= 0.6 is 0 Å². The fourth-order valence-corrected chi connectivity index (χ4v) is 0.471. The number of unbranched alkanes of at least 4 members (excludes halogenated alkanes) is 1. The molecule has 0 spiro atoms. The zero-order valence-electron chi connectivity index (χ0n) is 9.26. The first-order valence-electron chi connectivity index (χ1n) is 4.80. The lowest BCUT2D eigenvalue weighted by Gasteiger charge is -1.79. The van der Waals surface area contributed by atoms with Gasteiger partial charge in [0.15, 0.2) is 0 Å². The zero-order valence-corrected chi connectivity index (χ0v) is 9.26.